The lowest BCUT2D eigenvalue weighted by molar-refractivity contribution is 0.254. The molecule has 0 aliphatic heterocycles. The summed E-state index contributed by atoms with van der Waals surface area (Å²) in [6, 6.07) is 8.67. The van der Waals surface area contributed by atoms with Crippen molar-refractivity contribution in [1.82, 2.24) is 4.90 Å². The van der Waals surface area contributed by atoms with Gasteiger partial charge in [0, 0.05) is 29.0 Å². The predicted octanol–water partition coefficient (Wildman–Crippen LogP) is 3.71. The van der Waals surface area contributed by atoms with E-state index < -0.39 is 0 Å². The third-order valence-corrected chi connectivity index (χ3v) is 4.63. The molecule has 2 rings (SSSR count). The highest BCUT2D eigenvalue weighted by Gasteiger charge is 2.18. The van der Waals surface area contributed by atoms with E-state index in [1.165, 1.54) is 17.0 Å². The third kappa shape index (κ3) is 3.79. The zero-order valence-corrected chi connectivity index (χ0v) is 12.9. The zero-order valence-electron chi connectivity index (χ0n) is 11.4. The van der Waals surface area contributed by atoms with Crippen molar-refractivity contribution in [3.05, 3.63) is 57.0 Å². The van der Waals surface area contributed by atoms with Gasteiger partial charge < -0.3 is 5.73 Å². The number of rotatable bonds is 6. The van der Waals surface area contributed by atoms with Gasteiger partial charge in [-0.05, 0) is 42.6 Å². The lowest BCUT2D eigenvalue weighted by Crippen LogP contribution is -2.32. The molecule has 0 spiro atoms. The van der Waals surface area contributed by atoms with Crippen LogP contribution in [0.25, 0.3) is 0 Å². The Balaban J connectivity index is 2.06. The van der Waals surface area contributed by atoms with Crippen molar-refractivity contribution in [3.8, 4) is 0 Å². The van der Waals surface area contributed by atoms with E-state index in [1.54, 1.807) is 17.4 Å². The van der Waals surface area contributed by atoms with Gasteiger partial charge in [-0.3, -0.25) is 4.90 Å². The molecule has 2 aromatic rings. The molecule has 0 bridgehead atoms. The van der Waals surface area contributed by atoms with Crippen LogP contribution in [0.2, 0.25) is 5.02 Å². The van der Waals surface area contributed by atoms with E-state index in [0.717, 1.165) is 18.5 Å². The Morgan fingerprint density at radius 1 is 1.40 bits per heavy atom. The summed E-state index contributed by atoms with van der Waals surface area (Å²) in [6.45, 7) is 1.34. The summed E-state index contributed by atoms with van der Waals surface area (Å²) in [6.07, 6.45) is 0.976. The van der Waals surface area contributed by atoms with Crippen LogP contribution in [0.1, 0.15) is 16.5 Å². The summed E-state index contributed by atoms with van der Waals surface area (Å²) in [5, 5.41) is 2.51. The van der Waals surface area contributed by atoms with Crippen LogP contribution < -0.4 is 5.73 Å². The average molecular weight is 313 g/mol. The number of hydrogen-bond acceptors (Lipinski definition) is 3. The highest BCUT2D eigenvalue weighted by atomic mass is 35.5. The highest BCUT2D eigenvalue weighted by molar-refractivity contribution is 7.09. The van der Waals surface area contributed by atoms with E-state index >= 15 is 0 Å². The minimum atomic E-state index is -0.323. The molecule has 5 heteroatoms. The summed E-state index contributed by atoms with van der Waals surface area (Å²) >= 11 is 7.88. The first-order valence-corrected chi connectivity index (χ1v) is 7.75. The first-order chi connectivity index (χ1) is 9.61. The molecule has 1 aromatic carbocycles. The Labute approximate surface area is 128 Å². The van der Waals surface area contributed by atoms with Gasteiger partial charge >= 0.3 is 0 Å². The maximum atomic E-state index is 13.1. The second-order valence-corrected chi connectivity index (χ2v) is 6.17. The van der Waals surface area contributed by atoms with Crippen LogP contribution in [0.3, 0.4) is 0 Å². The standard InChI is InChI=1S/C15H18ClFN2S/c1-19(7-6-12-3-2-8-20-12)15(10-18)13-5-4-11(17)9-14(13)16/h2-5,8-9,15H,6-7,10,18H2,1H3. The van der Waals surface area contributed by atoms with Crippen molar-refractivity contribution in [2.24, 2.45) is 5.73 Å². The molecule has 2 nitrogen and oxygen atoms in total. The second kappa shape index (κ2) is 7.18. The van der Waals surface area contributed by atoms with E-state index in [1.807, 2.05) is 7.05 Å². The maximum Gasteiger partial charge on any atom is 0.124 e. The molecule has 0 amide bonds. The Morgan fingerprint density at radius 2 is 2.20 bits per heavy atom. The lowest BCUT2D eigenvalue weighted by atomic mass is 10.1. The SMILES string of the molecule is CN(CCc1cccs1)C(CN)c1ccc(F)cc1Cl. The monoisotopic (exact) mass is 312 g/mol. The molecule has 0 fully saturated rings. The largest absolute Gasteiger partial charge is 0.329 e. The molecule has 0 aliphatic carbocycles. The van der Waals surface area contributed by atoms with Crippen molar-refractivity contribution in [2.75, 3.05) is 20.1 Å². The van der Waals surface area contributed by atoms with Gasteiger partial charge in [0.05, 0.1) is 0 Å². The van der Waals surface area contributed by atoms with Gasteiger partial charge in [0.15, 0.2) is 0 Å². The van der Waals surface area contributed by atoms with E-state index in [4.69, 9.17) is 17.3 Å². The Morgan fingerprint density at radius 3 is 2.80 bits per heavy atom. The maximum absolute atomic E-state index is 13.1. The van der Waals surface area contributed by atoms with Gasteiger partial charge in [-0.25, -0.2) is 4.39 Å². The molecule has 20 heavy (non-hydrogen) atoms. The molecule has 1 atom stereocenters. The van der Waals surface area contributed by atoms with Crippen LogP contribution >= 0.6 is 22.9 Å². The van der Waals surface area contributed by atoms with Crippen LogP contribution in [-0.4, -0.2) is 25.0 Å². The Hall–Kier alpha value is -0.940. The van der Waals surface area contributed by atoms with Crippen LogP contribution in [0, 0.1) is 5.82 Å². The topological polar surface area (TPSA) is 29.3 Å². The molecule has 0 saturated carbocycles. The minimum absolute atomic E-state index is 0.00284. The number of hydrogen-bond donors (Lipinski definition) is 1. The second-order valence-electron chi connectivity index (χ2n) is 4.73. The van der Waals surface area contributed by atoms with E-state index in [9.17, 15) is 4.39 Å². The Kier molecular flexibility index (Phi) is 5.54. The van der Waals surface area contributed by atoms with Gasteiger partial charge in [0.2, 0.25) is 0 Å². The molecule has 1 aromatic heterocycles. The van der Waals surface area contributed by atoms with E-state index in [-0.39, 0.29) is 11.9 Å². The van der Waals surface area contributed by atoms with Crippen LogP contribution in [0.5, 0.6) is 0 Å². The fraction of sp³-hybridized carbons (Fsp3) is 0.333. The summed E-state index contributed by atoms with van der Waals surface area (Å²) in [5.74, 6) is -0.323. The lowest BCUT2D eigenvalue weighted by Gasteiger charge is -2.28. The fourth-order valence-electron chi connectivity index (χ4n) is 2.21. The molecular formula is C15H18ClFN2S. The zero-order chi connectivity index (χ0) is 14.5. The molecule has 1 heterocycles. The number of benzene rings is 1. The first kappa shape index (κ1) is 15.4. The summed E-state index contributed by atoms with van der Waals surface area (Å²) in [5.41, 5.74) is 6.75. The minimum Gasteiger partial charge on any atom is -0.329 e. The van der Waals surface area contributed by atoms with Gasteiger partial charge in [-0.2, -0.15) is 0 Å². The summed E-state index contributed by atoms with van der Waals surface area (Å²) < 4.78 is 13.1. The quantitative estimate of drug-likeness (QED) is 0.881. The molecule has 108 valence electrons. The third-order valence-electron chi connectivity index (χ3n) is 3.37. The predicted molar refractivity (Wildman–Crippen MR) is 83.9 cm³/mol. The highest BCUT2D eigenvalue weighted by Crippen LogP contribution is 2.27. The van der Waals surface area contributed by atoms with Crippen LogP contribution in [0.4, 0.5) is 4.39 Å². The molecule has 2 N–H and O–H groups in total. The number of halogens is 2. The molecule has 0 saturated heterocycles. The van der Waals surface area contributed by atoms with E-state index in [2.05, 4.69) is 22.4 Å². The van der Waals surface area contributed by atoms with Crippen LogP contribution in [-0.2, 0) is 6.42 Å². The van der Waals surface area contributed by atoms with Gasteiger partial charge in [0.25, 0.3) is 0 Å². The number of nitrogens with two attached hydrogens (primary N) is 1. The van der Waals surface area contributed by atoms with Crippen molar-refractivity contribution in [1.29, 1.82) is 0 Å². The molecule has 1 unspecified atom stereocenters. The first-order valence-electron chi connectivity index (χ1n) is 6.49. The van der Waals surface area contributed by atoms with Gasteiger partial charge in [-0.15, -0.1) is 11.3 Å². The van der Waals surface area contributed by atoms with Gasteiger partial charge in [-0.1, -0.05) is 23.7 Å². The summed E-state index contributed by atoms with van der Waals surface area (Å²) in [7, 11) is 2.02. The molecular weight excluding hydrogens is 295 g/mol. The average Bonchev–Trinajstić information content (AvgIpc) is 2.93. The molecule has 0 aliphatic rings. The Bertz CT molecular complexity index is 545. The van der Waals surface area contributed by atoms with Crippen molar-refractivity contribution in [2.45, 2.75) is 12.5 Å². The summed E-state index contributed by atoms with van der Waals surface area (Å²) in [4.78, 5) is 3.51. The number of thiophene rings is 1. The van der Waals surface area contributed by atoms with Gasteiger partial charge in [0.1, 0.15) is 5.82 Å². The number of nitrogens with zero attached hydrogens (tertiary/aromatic N) is 1. The van der Waals surface area contributed by atoms with Crippen LogP contribution in [0.15, 0.2) is 35.7 Å². The fourth-order valence-corrected chi connectivity index (χ4v) is 3.20. The van der Waals surface area contributed by atoms with Crippen molar-refractivity contribution in [3.63, 3.8) is 0 Å². The van der Waals surface area contributed by atoms with Crippen molar-refractivity contribution >= 4 is 22.9 Å². The smallest absolute Gasteiger partial charge is 0.124 e. The normalized spacial score (nSPS) is 12.8. The number of likely N-dealkylation sites (N-methyl/N-ethyl adjacent to an activating group) is 1. The van der Waals surface area contributed by atoms with Crippen molar-refractivity contribution < 1.29 is 4.39 Å². The van der Waals surface area contributed by atoms with E-state index in [0.29, 0.717) is 11.6 Å². The molecule has 0 radical (unpaired) electrons.